The fourth-order valence-electron chi connectivity index (χ4n) is 3.03. The quantitative estimate of drug-likeness (QED) is 0.781. The molecule has 0 radical (unpaired) electrons. The highest BCUT2D eigenvalue weighted by molar-refractivity contribution is 7.89. The molecule has 0 unspecified atom stereocenters. The molecule has 1 atom stereocenters. The molecule has 0 aromatic rings. The first kappa shape index (κ1) is 14.3. The molecule has 0 saturated carbocycles. The van der Waals surface area contributed by atoms with Gasteiger partial charge in [-0.2, -0.15) is 0 Å². The van der Waals surface area contributed by atoms with Crippen LogP contribution in [-0.4, -0.2) is 56.6 Å². The van der Waals surface area contributed by atoms with E-state index in [1.54, 1.807) is 4.31 Å². The van der Waals surface area contributed by atoms with Gasteiger partial charge in [0.05, 0.1) is 5.75 Å². The monoisotopic (exact) mass is 274 g/mol. The van der Waals surface area contributed by atoms with Gasteiger partial charge in [0.15, 0.2) is 0 Å². The second-order valence-electron chi connectivity index (χ2n) is 6.13. The maximum atomic E-state index is 12.4. The van der Waals surface area contributed by atoms with Gasteiger partial charge in [0, 0.05) is 13.1 Å². The van der Waals surface area contributed by atoms with Crippen molar-refractivity contribution in [2.24, 2.45) is 11.8 Å². The van der Waals surface area contributed by atoms with Crippen LogP contribution in [0.25, 0.3) is 0 Å². The maximum Gasteiger partial charge on any atom is 0.214 e. The van der Waals surface area contributed by atoms with Crippen molar-refractivity contribution in [1.82, 2.24) is 9.21 Å². The van der Waals surface area contributed by atoms with E-state index in [0.717, 1.165) is 45.4 Å². The summed E-state index contributed by atoms with van der Waals surface area (Å²) in [6.45, 7) is 5.69. The molecule has 2 aliphatic heterocycles. The Kier molecular flexibility index (Phi) is 4.67. The summed E-state index contributed by atoms with van der Waals surface area (Å²) in [7, 11) is -0.910. The van der Waals surface area contributed by atoms with Crippen LogP contribution in [0.3, 0.4) is 0 Å². The molecule has 2 rings (SSSR count). The third-order valence-corrected chi connectivity index (χ3v) is 6.31. The maximum absolute atomic E-state index is 12.4. The van der Waals surface area contributed by atoms with E-state index < -0.39 is 10.0 Å². The van der Waals surface area contributed by atoms with Gasteiger partial charge in [-0.25, -0.2) is 12.7 Å². The van der Waals surface area contributed by atoms with Gasteiger partial charge in [-0.15, -0.1) is 0 Å². The van der Waals surface area contributed by atoms with Crippen LogP contribution in [0.15, 0.2) is 0 Å². The van der Waals surface area contributed by atoms with Crippen LogP contribution in [0.5, 0.6) is 0 Å². The predicted octanol–water partition coefficient (Wildman–Crippen LogP) is 1.39. The number of hydrogen-bond donors (Lipinski definition) is 0. The largest absolute Gasteiger partial charge is 0.306 e. The van der Waals surface area contributed by atoms with Crippen LogP contribution < -0.4 is 0 Å². The highest BCUT2D eigenvalue weighted by Crippen LogP contribution is 2.23. The molecule has 2 fully saturated rings. The molecule has 0 spiro atoms. The molecular weight excluding hydrogens is 248 g/mol. The first-order valence-corrected chi connectivity index (χ1v) is 8.74. The van der Waals surface area contributed by atoms with E-state index in [1.165, 1.54) is 6.42 Å². The second kappa shape index (κ2) is 5.88. The first-order valence-electron chi connectivity index (χ1n) is 7.14. The second-order valence-corrected chi connectivity index (χ2v) is 8.14. The number of rotatable bonds is 3. The number of likely N-dealkylation sites (tertiary alicyclic amines) is 1. The molecule has 0 amide bonds. The molecule has 106 valence electrons. The highest BCUT2D eigenvalue weighted by atomic mass is 32.2. The Morgan fingerprint density at radius 1 is 1.11 bits per heavy atom. The van der Waals surface area contributed by atoms with E-state index in [9.17, 15) is 8.42 Å². The molecule has 0 aromatic heterocycles. The third kappa shape index (κ3) is 3.68. The van der Waals surface area contributed by atoms with Crippen molar-refractivity contribution in [3.8, 4) is 0 Å². The molecule has 18 heavy (non-hydrogen) atoms. The molecule has 2 aliphatic rings. The summed E-state index contributed by atoms with van der Waals surface area (Å²) in [5.41, 5.74) is 0. The lowest BCUT2D eigenvalue weighted by Crippen LogP contribution is -2.43. The standard InChI is InChI=1S/C13H26N2O2S/c1-12-4-3-7-15(10-12)18(16,17)11-13-5-8-14(2)9-6-13/h12-13H,3-11H2,1-2H3/t12-/m1/s1. The van der Waals surface area contributed by atoms with Gasteiger partial charge in [0.1, 0.15) is 0 Å². The van der Waals surface area contributed by atoms with E-state index in [4.69, 9.17) is 0 Å². The number of nitrogens with zero attached hydrogens (tertiary/aromatic N) is 2. The molecule has 5 heteroatoms. The highest BCUT2D eigenvalue weighted by Gasteiger charge is 2.30. The van der Waals surface area contributed by atoms with E-state index >= 15 is 0 Å². The summed E-state index contributed by atoms with van der Waals surface area (Å²) in [6, 6.07) is 0. The van der Waals surface area contributed by atoms with Crippen LogP contribution in [0.1, 0.15) is 32.6 Å². The molecular formula is C13H26N2O2S. The van der Waals surface area contributed by atoms with Gasteiger partial charge in [-0.1, -0.05) is 6.92 Å². The fraction of sp³-hybridized carbons (Fsp3) is 1.00. The van der Waals surface area contributed by atoms with Gasteiger partial charge < -0.3 is 4.90 Å². The molecule has 4 nitrogen and oxygen atoms in total. The van der Waals surface area contributed by atoms with E-state index in [-0.39, 0.29) is 0 Å². The van der Waals surface area contributed by atoms with Crippen molar-refractivity contribution in [2.75, 3.05) is 39.0 Å². The number of piperidine rings is 2. The zero-order chi connectivity index (χ0) is 13.2. The van der Waals surface area contributed by atoms with Crippen LogP contribution >= 0.6 is 0 Å². The average Bonchev–Trinajstić information content (AvgIpc) is 2.32. The number of sulfonamides is 1. The molecule has 0 N–H and O–H groups in total. The van der Waals surface area contributed by atoms with Crippen LogP contribution in [-0.2, 0) is 10.0 Å². The van der Waals surface area contributed by atoms with Crippen molar-refractivity contribution >= 4 is 10.0 Å². The van der Waals surface area contributed by atoms with Crippen molar-refractivity contribution in [1.29, 1.82) is 0 Å². The third-order valence-electron chi connectivity index (χ3n) is 4.30. The number of hydrogen-bond acceptors (Lipinski definition) is 3. The summed E-state index contributed by atoms with van der Waals surface area (Å²) in [5, 5.41) is 0. The van der Waals surface area contributed by atoms with Crippen molar-refractivity contribution in [3.05, 3.63) is 0 Å². The topological polar surface area (TPSA) is 40.6 Å². The minimum absolute atomic E-state index is 0.364. The summed E-state index contributed by atoms with van der Waals surface area (Å²) in [4.78, 5) is 2.28. The Labute approximate surface area is 111 Å². The fourth-order valence-corrected chi connectivity index (χ4v) is 5.06. The van der Waals surface area contributed by atoms with Crippen LogP contribution in [0.4, 0.5) is 0 Å². The van der Waals surface area contributed by atoms with Gasteiger partial charge >= 0.3 is 0 Å². The zero-order valence-corrected chi connectivity index (χ0v) is 12.5. The smallest absolute Gasteiger partial charge is 0.214 e. The minimum atomic E-state index is -3.02. The molecule has 2 saturated heterocycles. The summed E-state index contributed by atoms with van der Waals surface area (Å²) < 4.78 is 26.5. The Morgan fingerprint density at radius 2 is 1.78 bits per heavy atom. The van der Waals surface area contributed by atoms with Gasteiger partial charge in [-0.3, -0.25) is 0 Å². The Bertz CT molecular complexity index is 361. The lowest BCUT2D eigenvalue weighted by molar-refractivity contribution is 0.227. The van der Waals surface area contributed by atoms with Crippen LogP contribution in [0, 0.1) is 11.8 Å². The first-order chi connectivity index (χ1) is 8.47. The SMILES string of the molecule is C[C@@H]1CCCN(S(=O)(=O)CC2CCN(C)CC2)C1. The molecule has 0 aromatic carbocycles. The lowest BCUT2D eigenvalue weighted by Gasteiger charge is -2.33. The zero-order valence-electron chi connectivity index (χ0n) is 11.6. The Morgan fingerprint density at radius 3 is 2.39 bits per heavy atom. The normalized spacial score (nSPS) is 29.6. The molecule has 0 bridgehead atoms. The molecule has 2 heterocycles. The summed E-state index contributed by atoms with van der Waals surface area (Å²) in [6.07, 6.45) is 4.24. The van der Waals surface area contributed by atoms with Gasteiger partial charge in [0.25, 0.3) is 0 Å². The van der Waals surface area contributed by atoms with E-state index in [0.29, 0.717) is 17.6 Å². The van der Waals surface area contributed by atoms with Gasteiger partial charge in [0.2, 0.25) is 10.0 Å². The van der Waals surface area contributed by atoms with Crippen molar-refractivity contribution in [2.45, 2.75) is 32.6 Å². The lowest BCUT2D eigenvalue weighted by atomic mass is 10.00. The molecule has 0 aliphatic carbocycles. The van der Waals surface area contributed by atoms with Crippen molar-refractivity contribution in [3.63, 3.8) is 0 Å². The van der Waals surface area contributed by atoms with Gasteiger partial charge in [-0.05, 0) is 57.7 Å². The minimum Gasteiger partial charge on any atom is -0.306 e. The Hall–Kier alpha value is -0.130. The predicted molar refractivity (Wildman–Crippen MR) is 74.0 cm³/mol. The van der Waals surface area contributed by atoms with E-state index in [2.05, 4.69) is 18.9 Å². The summed E-state index contributed by atoms with van der Waals surface area (Å²) in [5.74, 6) is 1.25. The Balaban J connectivity index is 1.90. The summed E-state index contributed by atoms with van der Waals surface area (Å²) >= 11 is 0. The van der Waals surface area contributed by atoms with Crippen molar-refractivity contribution < 1.29 is 8.42 Å². The van der Waals surface area contributed by atoms with Crippen LogP contribution in [0.2, 0.25) is 0 Å². The average molecular weight is 274 g/mol. The van der Waals surface area contributed by atoms with E-state index in [1.807, 2.05) is 0 Å².